The molecule has 1 aliphatic rings. The average Bonchev–Trinajstić information content (AvgIpc) is 3.18. The highest BCUT2D eigenvalue weighted by Gasteiger charge is 2.50. The lowest BCUT2D eigenvalue weighted by molar-refractivity contribution is -0.610. The molecule has 0 fully saturated rings. The minimum Gasteiger partial charge on any atom is -1.00 e. The van der Waals surface area contributed by atoms with Crippen LogP contribution in [0.3, 0.4) is 0 Å². The number of aromatic nitrogens is 3. The molecule has 2 aromatic heterocycles. The Hall–Kier alpha value is -1.70. The lowest BCUT2D eigenvalue weighted by atomic mass is 9.80. The topological polar surface area (TPSA) is 58.9 Å². The van der Waals surface area contributed by atoms with E-state index in [0.717, 1.165) is 50.9 Å². The summed E-state index contributed by atoms with van der Waals surface area (Å²) in [5.41, 5.74) is 5.26. The van der Waals surface area contributed by atoms with E-state index >= 15 is 0 Å². The molecule has 3 aromatic rings. The first-order chi connectivity index (χ1) is 14.1. The largest absolute Gasteiger partial charge is 1.00 e. The lowest BCUT2D eigenvalue weighted by Gasteiger charge is -2.21. The van der Waals surface area contributed by atoms with Crippen LogP contribution in [0.1, 0.15) is 50.1 Å². The van der Waals surface area contributed by atoms with Gasteiger partial charge in [0.15, 0.2) is 11.3 Å². The van der Waals surface area contributed by atoms with Crippen LogP contribution in [0.2, 0.25) is 0 Å². The number of halogens is 1. The number of pyridine rings is 1. The van der Waals surface area contributed by atoms with E-state index in [0.29, 0.717) is 0 Å². The Labute approximate surface area is 197 Å². The van der Waals surface area contributed by atoms with Gasteiger partial charge >= 0.3 is 5.95 Å². The number of methoxy groups -OCH3 is 1. The second-order valence-corrected chi connectivity index (χ2v) is 11.4. The number of fused-ring (bicyclic) bond motifs is 2. The van der Waals surface area contributed by atoms with E-state index in [1.807, 2.05) is 40.0 Å². The van der Waals surface area contributed by atoms with Crippen LogP contribution in [-0.2, 0) is 21.4 Å². The fourth-order valence-corrected chi connectivity index (χ4v) is 5.88. The third kappa shape index (κ3) is 3.64. The number of carbonyl (C=O) groups is 1. The van der Waals surface area contributed by atoms with Crippen LogP contribution in [0.5, 0.6) is 5.75 Å². The number of carbonyl (C=O) groups excluding carboxylic acids is 1. The molecular formula is C23H28ClN3O2S2. The maximum absolute atomic E-state index is 13.0. The van der Waals surface area contributed by atoms with Gasteiger partial charge in [-0.1, -0.05) is 26.6 Å². The van der Waals surface area contributed by atoms with Gasteiger partial charge in [-0.25, -0.2) is 9.55 Å². The molecule has 0 bridgehead atoms. The number of nitrogens with one attached hydrogen (secondary N) is 1. The number of imidazole rings is 1. The maximum Gasteiger partial charge on any atom is 0.402 e. The van der Waals surface area contributed by atoms with E-state index in [4.69, 9.17) is 9.72 Å². The van der Waals surface area contributed by atoms with Gasteiger partial charge in [0.05, 0.1) is 19.1 Å². The number of ether oxygens (including phenoxy) is 1. The highest BCUT2D eigenvalue weighted by molar-refractivity contribution is 8.76. The van der Waals surface area contributed by atoms with E-state index in [-0.39, 0.29) is 18.2 Å². The van der Waals surface area contributed by atoms with Gasteiger partial charge in [0, 0.05) is 22.5 Å². The van der Waals surface area contributed by atoms with Gasteiger partial charge < -0.3 is 17.1 Å². The van der Waals surface area contributed by atoms with E-state index in [1.165, 1.54) is 0 Å². The van der Waals surface area contributed by atoms with Gasteiger partial charge in [-0.2, -0.15) is 0 Å². The highest BCUT2D eigenvalue weighted by atomic mass is 35.5. The molecule has 8 heteroatoms. The second kappa shape index (κ2) is 8.34. The van der Waals surface area contributed by atoms with Crippen molar-refractivity contribution in [2.24, 2.45) is 0 Å². The minimum absolute atomic E-state index is 0. The van der Waals surface area contributed by atoms with Crippen molar-refractivity contribution in [1.82, 2.24) is 9.97 Å². The number of benzene rings is 1. The number of H-pyrrole nitrogens is 1. The Morgan fingerprint density at radius 1 is 1.16 bits per heavy atom. The molecule has 0 spiro atoms. The van der Waals surface area contributed by atoms with Crippen molar-refractivity contribution < 1.29 is 26.5 Å². The van der Waals surface area contributed by atoms with E-state index < -0.39 is 10.8 Å². The quantitative estimate of drug-likeness (QED) is 0.448. The van der Waals surface area contributed by atoms with Crippen LogP contribution in [0, 0.1) is 6.92 Å². The second-order valence-electron chi connectivity index (χ2n) is 8.81. The van der Waals surface area contributed by atoms with Crippen LogP contribution < -0.4 is 21.7 Å². The maximum atomic E-state index is 13.0. The molecule has 5 nitrogen and oxygen atoms in total. The monoisotopic (exact) mass is 477 g/mol. The van der Waals surface area contributed by atoms with Crippen molar-refractivity contribution in [3.05, 3.63) is 46.8 Å². The minimum atomic E-state index is -0.504. The summed E-state index contributed by atoms with van der Waals surface area (Å²) >= 11 is 0. The molecule has 0 radical (unpaired) electrons. The van der Waals surface area contributed by atoms with Crippen LogP contribution >= 0.6 is 21.6 Å². The van der Waals surface area contributed by atoms with Crippen LogP contribution in [0.25, 0.3) is 17.0 Å². The summed E-state index contributed by atoms with van der Waals surface area (Å²) in [7, 11) is 5.23. The van der Waals surface area contributed by atoms with Crippen LogP contribution in [-0.4, -0.2) is 29.1 Å². The van der Waals surface area contributed by atoms with Crippen molar-refractivity contribution in [3.63, 3.8) is 0 Å². The number of ketones is 1. The summed E-state index contributed by atoms with van der Waals surface area (Å²) in [4.78, 5) is 21.4. The number of aromatic amines is 1. The molecule has 0 saturated heterocycles. The zero-order valence-electron chi connectivity index (χ0n) is 18.9. The summed E-state index contributed by atoms with van der Waals surface area (Å²) in [6.45, 7) is 10.2. The highest BCUT2D eigenvalue weighted by Crippen LogP contribution is 2.47. The van der Waals surface area contributed by atoms with Crippen LogP contribution in [0.15, 0.2) is 24.4 Å². The first kappa shape index (κ1) is 24.0. The number of Topliss-reactive ketones (excluding diaryl/α,β-unsaturated/α-hetero) is 1. The molecule has 0 saturated carbocycles. The lowest BCUT2D eigenvalue weighted by Crippen LogP contribution is -3.00. The summed E-state index contributed by atoms with van der Waals surface area (Å²) in [6, 6.07) is 6.17. The summed E-state index contributed by atoms with van der Waals surface area (Å²) in [5, 5.41) is 0. The van der Waals surface area contributed by atoms with Gasteiger partial charge in [0.1, 0.15) is 17.0 Å². The molecule has 1 N–H and O–H groups in total. The molecule has 4 rings (SSSR count). The number of hydrogen-bond donors (Lipinski definition) is 1. The SMILES string of the molecule is COc1cc[n+](-c2nc3cc4c(cc3[nH]2)C(C)(C)C(=O)C4(C)C)c(CSSC)c1C.[Cl-]. The molecule has 1 aliphatic carbocycles. The Balaban J connectivity index is 0.00000272. The zero-order chi connectivity index (χ0) is 21.8. The fraction of sp³-hybridized carbons (Fsp3) is 0.435. The van der Waals surface area contributed by atoms with E-state index in [2.05, 4.69) is 34.9 Å². The molecule has 0 aliphatic heterocycles. The van der Waals surface area contributed by atoms with E-state index in [9.17, 15) is 4.79 Å². The Kier molecular flexibility index (Phi) is 6.44. The van der Waals surface area contributed by atoms with Gasteiger partial charge in [-0.05, 0) is 64.1 Å². The Morgan fingerprint density at radius 2 is 1.81 bits per heavy atom. The predicted molar refractivity (Wildman–Crippen MR) is 125 cm³/mol. The number of hydrogen-bond acceptors (Lipinski definition) is 5. The Bertz CT molecular complexity index is 1120. The number of nitrogens with zero attached hydrogens (tertiary/aromatic N) is 2. The zero-order valence-corrected chi connectivity index (χ0v) is 21.3. The third-order valence-electron chi connectivity index (χ3n) is 6.32. The molecule has 1 aromatic carbocycles. The molecule has 0 amide bonds. The molecular weight excluding hydrogens is 450 g/mol. The van der Waals surface area contributed by atoms with Gasteiger partial charge in [0.2, 0.25) is 0 Å². The predicted octanol–water partition coefficient (Wildman–Crippen LogP) is 1.81. The van der Waals surface area contributed by atoms with Crippen LogP contribution in [0.4, 0.5) is 0 Å². The third-order valence-corrected chi connectivity index (χ3v) is 8.01. The normalized spacial score (nSPS) is 16.3. The van der Waals surface area contributed by atoms with Gasteiger partial charge in [-0.3, -0.25) is 4.79 Å². The molecule has 2 heterocycles. The molecule has 0 unspecified atom stereocenters. The molecule has 31 heavy (non-hydrogen) atoms. The fourth-order valence-electron chi connectivity index (χ4n) is 4.61. The number of rotatable bonds is 5. The smallest absolute Gasteiger partial charge is 0.402 e. The van der Waals surface area contributed by atoms with Gasteiger partial charge in [0.25, 0.3) is 0 Å². The first-order valence-electron chi connectivity index (χ1n) is 9.96. The van der Waals surface area contributed by atoms with Crippen molar-refractivity contribution in [3.8, 4) is 11.7 Å². The first-order valence-corrected chi connectivity index (χ1v) is 12.7. The molecule has 0 atom stereocenters. The standard InChI is InChI=1S/C23H28N3O2S2.ClH/c1-13-18(12-30-29-7)26(9-8-19(13)28-6)21-24-16-10-14-15(11-17(16)25-21)23(4,5)20(27)22(14,2)3;/h8-11H,12H2,1-7H3,(H,24,25);1H/q+1;/p-1. The van der Waals surface area contributed by atoms with Crippen molar-refractivity contribution in [2.45, 2.75) is 51.2 Å². The van der Waals surface area contributed by atoms with Gasteiger partial charge in [-0.15, -0.1) is 0 Å². The van der Waals surface area contributed by atoms with Crippen molar-refractivity contribution in [2.75, 3.05) is 13.4 Å². The summed E-state index contributed by atoms with van der Waals surface area (Å²) in [5.74, 6) is 2.75. The summed E-state index contributed by atoms with van der Waals surface area (Å²) < 4.78 is 7.64. The van der Waals surface area contributed by atoms with Crippen molar-refractivity contribution in [1.29, 1.82) is 0 Å². The Morgan fingerprint density at radius 3 is 2.42 bits per heavy atom. The summed E-state index contributed by atoms with van der Waals surface area (Å²) in [6.07, 6.45) is 4.09. The average molecular weight is 478 g/mol. The van der Waals surface area contributed by atoms with E-state index in [1.54, 1.807) is 28.7 Å². The van der Waals surface area contributed by atoms with Crippen molar-refractivity contribution >= 4 is 38.4 Å². The molecule has 166 valence electrons.